The molecule has 1 saturated carbocycles. The highest BCUT2D eigenvalue weighted by Crippen LogP contribution is 2.28. The van der Waals surface area contributed by atoms with Gasteiger partial charge >= 0.3 is 0 Å². The van der Waals surface area contributed by atoms with Gasteiger partial charge in [0.25, 0.3) is 11.5 Å². The number of benzene rings is 1. The van der Waals surface area contributed by atoms with Gasteiger partial charge in [-0.25, -0.2) is 9.67 Å². The molecular weight excluding hydrogens is 372 g/mol. The molecule has 1 aliphatic rings. The minimum Gasteiger partial charge on any atom is -0.346 e. The molecule has 0 spiro atoms. The molecule has 1 amide bonds. The van der Waals surface area contributed by atoms with Crippen molar-refractivity contribution in [1.82, 2.24) is 20.1 Å². The van der Waals surface area contributed by atoms with Crippen LogP contribution < -0.4 is 10.9 Å². The Morgan fingerprint density at radius 2 is 1.93 bits per heavy atom. The first-order chi connectivity index (χ1) is 13.7. The number of hydrogen-bond donors (Lipinski definition) is 1. The summed E-state index contributed by atoms with van der Waals surface area (Å²) in [7, 11) is 0. The summed E-state index contributed by atoms with van der Waals surface area (Å²) in [6.07, 6.45) is 7.76. The maximum Gasteiger partial charge on any atom is 0.274 e. The first-order valence-electron chi connectivity index (χ1n) is 9.46. The monoisotopic (exact) mass is 394 g/mol. The summed E-state index contributed by atoms with van der Waals surface area (Å²) in [4.78, 5) is 29.8. The van der Waals surface area contributed by atoms with Gasteiger partial charge in [-0.05, 0) is 37.3 Å². The van der Waals surface area contributed by atoms with Crippen molar-refractivity contribution in [1.29, 1.82) is 0 Å². The highest BCUT2D eigenvalue weighted by molar-refractivity contribution is 7.98. The second kappa shape index (κ2) is 8.14. The summed E-state index contributed by atoms with van der Waals surface area (Å²) in [5, 5.41) is 9.74. The van der Waals surface area contributed by atoms with Crippen molar-refractivity contribution in [2.24, 2.45) is 0 Å². The topological polar surface area (TPSA) is 76.9 Å². The van der Waals surface area contributed by atoms with E-state index in [-0.39, 0.29) is 24.1 Å². The first kappa shape index (κ1) is 18.7. The van der Waals surface area contributed by atoms with E-state index in [4.69, 9.17) is 0 Å². The van der Waals surface area contributed by atoms with E-state index in [1.54, 1.807) is 23.0 Å². The molecule has 0 saturated heterocycles. The fraction of sp³-hybridized carbons (Fsp3) is 0.333. The highest BCUT2D eigenvalue weighted by atomic mass is 32.2. The quantitative estimate of drug-likeness (QED) is 0.670. The number of hydrogen-bond acceptors (Lipinski definition) is 5. The third-order valence-corrected chi connectivity index (χ3v) is 5.91. The van der Waals surface area contributed by atoms with Crippen LogP contribution in [0.15, 0.2) is 52.4 Å². The Balaban J connectivity index is 1.67. The van der Waals surface area contributed by atoms with E-state index >= 15 is 0 Å². The molecule has 2 aromatic heterocycles. The second-order valence-corrected chi connectivity index (χ2v) is 7.72. The lowest BCUT2D eigenvalue weighted by molar-refractivity contribution is 0.0946. The molecule has 0 aliphatic heterocycles. The van der Waals surface area contributed by atoms with Crippen molar-refractivity contribution in [2.45, 2.75) is 43.3 Å². The molecule has 6 nitrogen and oxygen atoms in total. The predicted molar refractivity (Wildman–Crippen MR) is 111 cm³/mol. The van der Waals surface area contributed by atoms with Crippen LogP contribution >= 0.6 is 11.8 Å². The lowest BCUT2D eigenvalue weighted by Crippen LogP contribution is -2.30. The number of thioether (sulfide) groups is 1. The van der Waals surface area contributed by atoms with Gasteiger partial charge < -0.3 is 5.32 Å². The first-order valence-corrected chi connectivity index (χ1v) is 10.7. The van der Waals surface area contributed by atoms with Gasteiger partial charge in [-0.1, -0.05) is 31.0 Å². The van der Waals surface area contributed by atoms with Crippen LogP contribution in [0.1, 0.15) is 47.8 Å². The zero-order valence-corrected chi connectivity index (χ0v) is 16.5. The van der Waals surface area contributed by atoms with E-state index < -0.39 is 0 Å². The fourth-order valence-electron chi connectivity index (χ4n) is 3.79. The molecule has 4 rings (SSSR count). The summed E-state index contributed by atoms with van der Waals surface area (Å²) in [6.45, 7) is 0.259. The van der Waals surface area contributed by atoms with E-state index in [0.29, 0.717) is 21.7 Å². The van der Waals surface area contributed by atoms with Gasteiger partial charge in [-0.3, -0.25) is 9.59 Å². The number of rotatable bonds is 5. The maximum absolute atomic E-state index is 12.9. The molecular formula is C21H22N4O2S. The van der Waals surface area contributed by atoms with E-state index in [9.17, 15) is 9.59 Å². The van der Waals surface area contributed by atoms with Crippen LogP contribution in [0.4, 0.5) is 0 Å². The van der Waals surface area contributed by atoms with Gasteiger partial charge in [0.05, 0.1) is 29.2 Å². The molecule has 1 fully saturated rings. The van der Waals surface area contributed by atoms with Gasteiger partial charge in [-0.15, -0.1) is 11.8 Å². The lowest BCUT2D eigenvalue weighted by Gasteiger charge is -2.16. The standard InChI is InChI=1S/C21H22N4O2S/c1-28-20-17(11-6-12-22-20)19(26)23-13-18-15-9-4-5-10-16(15)21(27)25(24-18)14-7-2-3-8-14/h4-6,9-12,14H,2-3,7-8,13H2,1H3,(H,23,26). The molecule has 1 N–H and O–H groups in total. The van der Waals surface area contributed by atoms with Crippen LogP contribution in [0.25, 0.3) is 10.8 Å². The van der Waals surface area contributed by atoms with Crippen molar-refractivity contribution < 1.29 is 4.79 Å². The molecule has 3 aromatic rings. The molecule has 0 atom stereocenters. The average molecular weight is 395 g/mol. The molecule has 1 aromatic carbocycles. The number of amides is 1. The zero-order valence-electron chi connectivity index (χ0n) is 15.7. The van der Waals surface area contributed by atoms with Crippen LogP contribution in [0.2, 0.25) is 0 Å². The Morgan fingerprint density at radius 1 is 1.18 bits per heavy atom. The van der Waals surface area contributed by atoms with Crippen LogP contribution in [-0.4, -0.2) is 26.9 Å². The Morgan fingerprint density at radius 3 is 2.68 bits per heavy atom. The fourth-order valence-corrected chi connectivity index (χ4v) is 4.33. The Bertz CT molecular complexity index is 1070. The van der Waals surface area contributed by atoms with Crippen LogP contribution in [0.3, 0.4) is 0 Å². The van der Waals surface area contributed by atoms with Gasteiger partial charge in [0.1, 0.15) is 5.03 Å². The third kappa shape index (κ3) is 3.54. The summed E-state index contributed by atoms with van der Waals surface area (Å²) >= 11 is 1.44. The minimum absolute atomic E-state index is 0.0468. The molecule has 1 aliphatic carbocycles. The number of fused-ring (bicyclic) bond motifs is 1. The summed E-state index contributed by atoms with van der Waals surface area (Å²) < 4.78 is 1.63. The normalized spacial score (nSPS) is 14.5. The number of nitrogens with zero attached hydrogens (tertiary/aromatic N) is 3. The van der Waals surface area contributed by atoms with Crippen molar-refractivity contribution in [3.8, 4) is 0 Å². The molecule has 0 unspecified atom stereocenters. The van der Waals surface area contributed by atoms with Crippen molar-refractivity contribution in [3.63, 3.8) is 0 Å². The Labute approximate surface area is 167 Å². The smallest absolute Gasteiger partial charge is 0.274 e. The van der Waals surface area contributed by atoms with Crippen LogP contribution in [0.5, 0.6) is 0 Å². The van der Waals surface area contributed by atoms with Crippen molar-refractivity contribution in [3.05, 3.63) is 64.2 Å². The molecule has 0 bridgehead atoms. The lowest BCUT2D eigenvalue weighted by atomic mass is 10.1. The Hall–Kier alpha value is -2.67. The van der Waals surface area contributed by atoms with Gasteiger partial charge in [0.15, 0.2) is 0 Å². The van der Waals surface area contributed by atoms with Gasteiger partial charge in [0.2, 0.25) is 0 Å². The van der Waals surface area contributed by atoms with E-state index in [1.807, 2.05) is 30.5 Å². The van der Waals surface area contributed by atoms with Gasteiger partial charge in [-0.2, -0.15) is 5.10 Å². The predicted octanol–water partition coefficient (Wildman–Crippen LogP) is 3.56. The Kier molecular flexibility index (Phi) is 5.43. The number of carbonyl (C=O) groups excluding carboxylic acids is 1. The van der Waals surface area contributed by atoms with Gasteiger partial charge in [0, 0.05) is 11.6 Å². The molecule has 144 valence electrons. The SMILES string of the molecule is CSc1ncccc1C(=O)NCc1nn(C2CCCC2)c(=O)c2ccccc12. The summed E-state index contributed by atoms with van der Waals surface area (Å²) in [5.41, 5.74) is 1.21. The zero-order chi connectivity index (χ0) is 19.5. The average Bonchev–Trinajstić information content (AvgIpc) is 3.28. The third-order valence-electron chi connectivity index (χ3n) is 5.20. The number of carbonyl (C=O) groups is 1. The molecule has 28 heavy (non-hydrogen) atoms. The number of pyridine rings is 1. The summed E-state index contributed by atoms with van der Waals surface area (Å²) in [5.74, 6) is -0.193. The minimum atomic E-state index is -0.193. The summed E-state index contributed by atoms with van der Waals surface area (Å²) in [6, 6.07) is 11.1. The number of nitrogens with one attached hydrogen (secondary N) is 1. The highest BCUT2D eigenvalue weighted by Gasteiger charge is 2.21. The molecule has 7 heteroatoms. The van der Waals surface area contributed by atoms with E-state index in [1.165, 1.54) is 11.8 Å². The number of aromatic nitrogens is 3. The van der Waals surface area contributed by atoms with Crippen LogP contribution in [0, 0.1) is 0 Å². The largest absolute Gasteiger partial charge is 0.346 e. The van der Waals surface area contributed by atoms with Crippen molar-refractivity contribution in [2.75, 3.05) is 6.26 Å². The van der Waals surface area contributed by atoms with E-state index in [2.05, 4.69) is 15.4 Å². The molecule has 2 heterocycles. The van der Waals surface area contributed by atoms with Crippen molar-refractivity contribution >= 4 is 28.4 Å². The molecule has 0 radical (unpaired) electrons. The van der Waals surface area contributed by atoms with Crippen LogP contribution in [-0.2, 0) is 6.54 Å². The maximum atomic E-state index is 12.9. The second-order valence-electron chi connectivity index (χ2n) is 6.92. The van der Waals surface area contributed by atoms with E-state index in [0.717, 1.165) is 31.1 Å².